The van der Waals surface area contributed by atoms with Crippen LogP contribution in [0.4, 0.5) is 11.5 Å². The summed E-state index contributed by atoms with van der Waals surface area (Å²) in [6.07, 6.45) is 1.43. The monoisotopic (exact) mass is 467 g/mol. The molecule has 0 unspecified atom stereocenters. The molecule has 2 aromatic carbocycles. The summed E-state index contributed by atoms with van der Waals surface area (Å²) in [6, 6.07) is 8.59. The molecule has 0 bridgehead atoms. The first-order valence-corrected chi connectivity index (χ1v) is 10.6. The van der Waals surface area contributed by atoms with E-state index in [1.165, 1.54) is 38.0 Å². The highest BCUT2D eigenvalue weighted by Gasteiger charge is 2.20. The maximum atomic E-state index is 11.9. The number of nitrogens with one attached hydrogen (secondary N) is 1. The number of methoxy groups -OCH3 is 4. The Kier molecular flexibility index (Phi) is 6.18. The highest BCUT2D eigenvalue weighted by atomic mass is 32.1. The van der Waals surface area contributed by atoms with Gasteiger partial charge in [0.15, 0.2) is 23.0 Å². The second-order valence-electron chi connectivity index (χ2n) is 6.80. The van der Waals surface area contributed by atoms with Gasteiger partial charge < -0.3 is 29.4 Å². The zero-order valence-electron chi connectivity index (χ0n) is 18.3. The molecule has 33 heavy (non-hydrogen) atoms. The minimum Gasteiger partial charge on any atom is -0.493 e. The zero-order chi connectivity index (χ0) is 23.5. The van der Waals surface area contributed by atoms with Gasteiger partial charge in [0.05, 0.1) is 45.1 Å². The molecule has 0 spiro atoms. The van der Waals surface area contributed by atoms with Crippen LogP contribution < -0.4 is 24.3 Å². The molecule has 4 aromatic rings. The standard InChI is InChI=1S/C23H21N3O6S/c1-29-16-6-5-12(7-17(16)30-2)14-10-33-22-20(14)21(24-11-25-22)26-15-9-19(32-4)18(31-3)8-13(15)23(27)28/h5-11H,1-4H3,(H,27,28)(H,24,25,26). The van der Waals surface area contributed by atoms with E-state index in [1.807, 2.05) is 23.6 Å². The average molecular weight is 468 g/mol. The number of aromatic nitrogens is 2. The number of nitrogens with zero attached hydrogens (tertiary/aromatic N) is 2. The summed E-state index contributed by atoms with van der Waals surface area (Å²) in [5, 5.41) is 15.6. The smallest absolute Gasteiger partial charge is 0.337 e. The number of carbonyl (C=O) groups is 1. The van der Waals surface area contributed by atoms with Crippen molar-refractivity contribution in [1.82, 2.24) is 9.97 Å². The third-order valence-electron chi connectivity index (χ3n) is 5.07. The predicted octanol–water partition coefficient (Wildman–Crippen LogP) is 4.83. The van der Waals surface area contributed by atoms with Crippen LogP contribution in [0.15, 0.2) is 42.0 Å². The van der Waals surface area contributed by atoms with E-state index in [1.54, 1.807) is 20.3 Å². The molecule has 0 fully saturated rings. The van der Waals surface area contributed by atoms with E-state index in [9.17, 15) is 9.90 Å². The molecule has 0 amide bonds. The summed E-state index contributed by atoms with van der Waals surface area (Å²) in [7, 11) is 6.09. The Labute approximate surface area is 193 Å². The van der Waals surface area contributed by atoms with Crippen LogP contribution in [0.5, 0.6) is 23.0 Å². The van der Waals surface area contributed by atoms with Crippen LogP contribution in [0.25, 0.3) is 21.3 Å². The number of hydrogen-bond acceptors (Lipinski definition) is 9. The summed E-state index contributed by atoms with van der Waals surface area (Å²) in [5.74, 6) is 1.26. The summed E-state index contributed by atoms with van der Waals surface area (Å²) < 4.78 is 21.4. The summed E-state index contributed by atoms with van der Waals surface area (Å²) in [4.78, 5) is 21.4. The topological polar surface area (TPSA) is 112 Å². The molecule has 10 heteroatoms. The molecule has 2 N–H and O–H groups in total. The number of fused-ring (bicyclic) bond motifs is 1. The molecule has 0 saturated carbocycles. The first-order chi connectivity index (χ1) is 16.0. The third-order valence-corrected chi connectivity index (χ3v) is 5.96. The molecule has 0 atom stereocenters. The second-order valence-corrected chi connectivity index (χ2v) is 7.66. The van der Waals surface area contributed by atoms with E-state index < -0.39 is 5.97 Å². The average Bonchev–Trinajstić information content (AvgIpc) is 3.28. The fraction of sp³-hybridized carbons (Fsp3) is 0.174. The van der Waals surface area contributed by atoms with E-state index in [4.69, 9.17) is 18.9 Å². The van der Waals surface area contributed by atoms with Crippen LogP contribution in [0.2, 0.25) is 0 Å². The normalized spacial score (nSPS) is 10.7. The molecule has 2 aromatic heterocycles. The van der Waals surface area contributed by atoms with Crippen LogP contribution >= 0.6 is 11.3 Å². The number of anilines is 2. The van der Waals surface area contributed by atoms with Gasteiger partial charge in [0.1, 0.15) is 17.0 Å². The Morgan fingerprint density at radius 1 is 0.909 bits per heavy atom. The van der Waals surface area contributed by atoms with Crippen molar-refractivity contribution in [1.29, 1.82) is 0 Å². The molecule has 0 aliphatic heterocycles. The Morgan fingerprint density at radius 3 is 2.24 bits per heavy atom. The molecule has 9 nitrogen and oxygen atoms in total. The number of benzene rings is 2. The van der Waals surface area contributed by atoms with Crippen LogP contribution in [0.1, 0.15) is 10.4 Å². The fourth-order valence-corrected chi connectivity index (χ4v) is 4.39. The van der Waals surface area contributed by atoms with Gasteiger partial charge in [-0.05, 0) is 17.7 Å². The van der Waals surface area contributed by atoms with Crippen LogP contribution in [0.3, 0.4) is 0 Å². The molecule has 0 aliphatic rings. The lowest BCUT2D eigenvalue weighted by molar-refractivity contribution is 0.0697. The van der Waals surface area contributed by atoms with Gasteiger partial charge in [0, 0.05) is 23.1 Å². The van der Waals surface area contributed by atoms with Crippen LogP contribution in [-0.4, -0.2) is 49.5 Å². The first kappa shape index (κ1) is 22.2. The lowest BCUT2D eigenvalue weighted by Gasteiger charge is -2.15. The SMILES string of the molecule is COc1ccc(-c2csc3ncnc(Nc4cc(OC)c(OC)cc4C(=O)O)c23)cc1OC. The third kappa shape index (κ3) is 4.08. The zero-order valence-corrected chi connectivity index (χ0v) is 19.1. The Balaban J connectivity index is 1.86. The van der Waals surface area contributed by atoms with Gasteiger partial charge in [0.2, 0.25) is 0 Å². The minimum absolute atomic E-state index is 0.0160. The lowest BCUT2D eigenvalue weighted by atomic mass is 10.0. The van der Waals surface area contributed by atoms with Crippen molar-refractivity contribution in [2.75, 3.05) is 33.8 Å². The molecule has 4 rings (SSSR count). The summed E-state index contributed by atoms with van der Waals surface area (Å²) >= 11 is 1.46. The number of ether oxygens (including phenoxy) is 4. The van der Waals surface area contributed by atoms with Gasteiger partial charge in [-0.3, -0.25) is 0 Å². The molecule has 2 heterocycles. The van der Waals surface area contributed by atoms with Crippen molar-refractivity contribution in [3.63, 3.8) is 0 Å². The van der Waals surface area contributed by atoms with E-state index in [0.29, 0.717) is 34.5 Å². The van der Waals surface area contributed by atoms with Gasteiger partial charge in [-0.1, -0.05) is 6.07 Å². The Morgan fingerprint density at radius 2 is 1.58 bits per heavy atom. The van der Waals surface area contributed by atoms with Gasteiger partial charge >= 0.3 is 5.97 Å². The van der Waals surface area contributed by atoms with E-state index in [0.717, 1.165) is 21.3 Å². The molecule has 0 aliphatic carbocycles. The Hall–Kier alpha value is -4.05. The minimum atomic E-state index is -1.12. The second kappa shape index (κ2) is 9.21. The van der Waals surface area contributed by atoms with E-state index in [-0.39, 0.29) is 5.56 Å². The molecular formula is C23H21N3O6S. The van der Waals surface area contributed by atoms with Crippen molar-refractivity contribution in [3.05, 3.63) is 47.6 Å². The maximum Gasteiger partial charge on any atom is 0.337 e. The molecule has 170 valence electrons. The predicted molar refractivity (Wildman–Crippen MR) is 126 cm³/mol. The van der Waals surface area contributed by atoms with Crippen molar-refractivity contribution in [2.45, 2.75) is 0 Å². The van der Waals surface area contributed by atoms with E-state index in [2.05, 4.69) is 15.3 Å². The van der Waals surface area contributed by atoms with Gasteiger partial charge in [-0.2, -0.15) is 0 Å². The number of rotatable bonds is 8. The van der Waals surface area contributed by atoms with E-state index >= 15 is 0 Å². The van der Waals surface area contributed by atoms with Gasteiger partial charge in [-0.25, -0.2) is 14.8 Å². The number of thiophene rings is 1. The van der Waals surface area contributed by atoms with Crippen LogP contribution in [-0.2, 0) is 0 Å². The van der Waals surface area contributed by atoms with Crippen molar-refractivity contribution in [2.24, 2.45) is 0 Å². The number of carboxylic acids is 1. The fourth-order valence-electron chi connectivity index (χ4n) is 3.47. The lowest BCUT2D eigenvalue weighted by Crippen LogP contribution is -2.06. The quantitative estimate of drug-likeness (QED) is 0.376. The van der Waals surface area contributed by atoms with Crippen LogP contribution in [0, 0.1) is 0 Å². The highest BCUT2D eigenvalue weighted by Crippen LogP contribution is 2.41. The van der Waals surface area contributed by atoms with Gasteiger partial charge in [0.25, 0.3) is 0 Å². The Bertz CT molecular complexity index is 1340. The number of carboxylic acid groups (broad SMARTS) is 1. The van der Waals surface area contributed by atoms with Crippen molar-refractivity contribution < 1.29 is 28.8 Å². The van der Waals surface area contributed by atoms with Crippen molar-refractivity contribution >= 4 is 39.0 Å². The first-order valence-electron chi connectivity index (χ1n) is 9.71. The summed E-state index contributed by atoms with van der Waals surface area (Å²) in [6.45, 7) is 0. The molecule has 0 saturated heterocycles. The summed E-state index contributed by atoms with van der Waals surface area (Å²) in [5.41, 5.74) is 2.07. The number of hydrogen-bond donors (Lipinski definition) is 2. The van der Waals surface area contributed by atoms with Crippen molar-refractivity contribution in [3.8, 4) is 34.1 Å². The molecular weight excluding hydrogens is 446 g/mol. The largest absolute Gasteiger partial charge is 0.493 e. The van der Waals surface area contributed by atoms with Gasteiger partial charge in [-0.15, -0.1) is 11.3 Å². The highest BCUT2D eigenvalue weighted by molar-refractivity contribution is 7.17. The molecule has 0 radical (unpaired) electrons. The number of aromatic carboxylic acids is 1. The maximum absolute atomic E-state index is 11.9.